The number of nitrogens with zero attached hydrogens (tertiary/aromatic N) is 2. The van der Waals surface area contributed by atoms with E-state index in [1.807, 2.05) is 30.3 Å². The van der Waals surface area contributed by atoms with E-state index in [2.05, 4.69) is 15.3 Å². The van der Waals surface area contributed by atoms with Gasteiger partial charge in [0.05, 0.1) is 11.3 Å². The molecule has 0 aliphatic heterocycles. The first kappa shape index (κ1) is 14.8. The first-order chi connectivity index (χ1) is 11.2. The van der Waals surface area contributed by atoms with Gasteiger partial charge in [-0.1, -0.05) is 42.5 Å². The summed E-state index contributed by atoms with van der Waals surface area (Å²) < 4.78 is 12.9. The van der Waals surface area contributed by atoms with Crippen LogP contribution < -0.4 is 5.32 Å². The second-order valence-electron chi connectivity index (χ2n) is 4.96. The zero-order valence-electron chi connectivity index (χ0n) is 12.2. The van der Waals surface area contributed by atoms with E-state index in [9.17, 15) is 9.18 Å². The number of hydrogen-bond donors (Lipinski definition) is 1. The summed E-state index contributed by atoms with van der Waals surface area (Å²) in [7, 11) is 0. The number of hydrogen-bond acceptors (Lipinski definition) is 3. The highest BCUT2D eigenvalue weighted by molar-refractivity contribution is 5.99. The Morgan fingerprint density at radius 3 is 2.52 bits per heavy atom. The molecule has 3 rings (SSSR count). The van der Waals surface area contributed by atoms with Crippen molar-refractivity contribution >= 4 is 5.91 Å². The number of amides is 1. The molecule has 114 valence electrons. The summed E-state index contributed by atoms with van der Waals surface area (Å²) in [6.07, 6.45) is 2.91. The average Bonchev–Trinajstić information content (AvgIpc) is 2.62. The Hall–Kier alpha value is -3.08. The molecule has 4 nitrogen and oxygen atoms in total. The van der Waals surface area contributed by atoms with Crippen LogP contribution in [0.1, 0.15) is 15.9 Å². The molecular formula is C18H14FN3O. The summed E-state index contributed by atoms with van der Waals surface area (Å²) in [6, 6.07) is 15.4. The second kappa shape index (κ2) is 6.79. The van der Waals surface area contributed by atoms with E-state index in [1.165, 1.54) is 24.7 Å². The van der Waals surface area contributed by atoms with Gasteiger partial charge in [0.2, 0.25) is 0 Å². The van der Waals surface area contributed by atoms with Gasteiger partial charge < -0.3 is 5.32 Å². The first-order valence-electron chi connectivity index (χ1n) is 7.12. The van der Waals surface area contributed by atoms with Crippen LogP contribution in [0.3, 0.4) is 0 Å². The standard InChI is InChI=1S/C18H14FN3O/c19-15-8-6-13(7-9-15)10-21-18(23)16-11-20-12-22-17(16)14-4-2-1-3-5-14/h1-9,11-12H,10H2,(H,21,23). The molecule has 5 heteroatoms. The number of benzene rings is 2. The fourth-order valence-corrected chi connectivity index (χ4v) is 2.20. The molecule has 1 heterocycles. The normalized spacial score (nSPS) is 10.3. The third-order valence-corrected chi connectivity index (χ3v) is 3.37. The Labute approximate surface area is 133 Å². The van der Waals surface area contributed by atoms with Crippen molar-refractivity contribution in [3.8, 4) is 11.3 Å². The van der Waals surface area contributed by atoms with Crippen molar-refractivity contribution in [3.63, 3.8) is 0 Å². The van der Waals surface area contributed by atoms with Gasteiger partial charge in [0, 0.05) is 18.3 Å². The van der Waals surface area contributed by atoms with Crippen molar-refractivity contribution in [2.75, 3.05) is 0 Å². The molecule has 0 atom stereocenters. The Morgan fingerprint density at radius 1 is 1.04 bits per heavy atom. The minimum Gasteiger partial charge on any atom is -0.348 e. The fourth-order valence-electron chi connectivity index (χ4n) is 2.20. The average molecular weight is 307 g/mol. The molecule has 23 heavy (non-hydrogen) atoms. The van der Waals surface area contributed by atoms with E-state index in [0.29, 0.717) is 17.8 Å². The van der Waals surface area contributed by atoms with E-state index in [-0.39, 0.29) is 11.7 Å². The lowest BCUT2D eigenvalue weighted by Gasteiger charge is -2.09. The van der Waals surface area contributed by atoms with E-state index in [0.717, 1.165) is 11.1 Å². The van der Waals surface area contributed by atoms with Crippen LogP contribution in [0.15, 0.2) is 67.1 Å². The summed E-state index contributed by atoms with van der Waals surface area (Å²) in [5.41, 5.74) is 2.65. The van der Waals surface area contributed by atoms with Crippen LogP contribution in [0.25, 0.3) is 11.3 Å². The van der Waals surface area contributed by atoms with Gasteiger partial charge in [-0.15, -0.1) is 0 Å². The molecular weight excluding hydrogens is 293 g/mol. The molecule has 1 N–H and O–H groups in total. The van der Waals surface area contributed by atoms with Gasteiger partial charge in [-0.2, -0.15) is 0 Å². The minimum absolute atomic E-state index is 0.270. The highest BCUT2D eigenvalue weighted by Crippen LogP contribution is 2.20. The van der Waals surface area contributed by atoms with Crippen molar-refractivity contribution in [2.45, 2.75) is 6.54 Å². The van der Waals surface area contributed by atoms with E-state index >= 15 is 0 Å². The van der Waals surface area contributed by atoms with Crippen LogP contribution in [-0.4, -0.2) is 15.9 Å². The predicted molar refractivity (Wildman–Crippen MR) is 85.0 cm³/mol. The molecule has 0 bridgehead atoms. The molecule has 1 amide bonds. The van der Waals surface area contributed by atoms with Crippen molar-refractivity contribution in [2.24, 2.45) is 0 Å². The molecule has 0 unspecified atom stereocenters. The molecule has 0 aliphatic carbocycles. The van der Waals surface area contributed by atoms with Crippen molar-refractivity contribution in [3.05, 3.63) is 84.1 Å². The molecule has 0 radical (unpaired) electrons. The molecule has 0 saturated heterocycles. The van der Waals surface area contributed by atoms with Crippen LogP contribution in [-0.2, 0) is 6.54 Å². The molecule has 0 fully saturated rings. The van der Waals surface area contributed by atoms with E-state index in [4.69, 9.17) is 0 Å². The highest BCUT2D eigenvalue weighted by atomic mass is 19.1. The maximum absolute atomic E-state index is 12.9. The lowest BCUT2D eigenvalue weighted by atomic mass is 10.1. The van der Waals surface area contributed by atoms with Crippen LogP contribution in [0.4, 0.5) is 4.39 Å². The smallest absolute Gasteiger partial charge is 0.255 e. The van der Waals surface area contributed by atoms with Crippen LogP contribution in [0.2, 0.25) is 0 Å². The molecule has 3 aromatic rings. The topological polar surface area (TPSA) is 54.9 Å². The number of aromatic nitrogens is 2. The van der Waals surface area contributed by atoms with E-state index < -0.39 is 0 Å². The SMILES string of the molecule is O=C(NCc1ccc(F)cc1)c1cncnc1-c1ccccc1. The summed E-state index contributed by atoms with van der Waals surface area (Å²) >= 11 is 0. The zero-order valence-corrected chi connectivity index (χ0v) is 12.2. The first-order valence-corrected chi connectivity index (χ1v) is 7.12. The summed E-state index contributed by atoms with van der Waals surface area (Å²) in [5.74, 6) is -0.573. The Kier molecular flexibility index (Phi) is 4.38. The van der Waals surface area contributed by atoms with E-state index in [1.54, 1.807) is 12.1 Å². The number of nitrogens with one attached hydrogen (secondary N) is 1. The number of carbonyl (C=O) groups is 1. The zero-order chi connectivity index (χ0) is 16.1. The third kappa shape index (κ3) is 3.58. The van der Waals surface area contributed by atoms with Gasteiger partial charge in [-0.25, -0.2) is 14.4 Å². The van der Waals surface area contributed by atoms with Crippen molar-refractivity contribution in [1.82, 2.24) is 15.3 Å². The van der Waals surface area contributed by atoms with Gasteiger partial charge in [0.1, 0.15) is 12.1 Å². The van der Waals surface area contributed by atoms with Gasteiger partial charge in [0.25, 0.3) is 5.91 Å². The van der Waals surface area contributed by atoms with Crippen LogP contribution >= 0.6 is 0 Å². The Bertz CT molecular complexity index is 804. The fraction of sp³-hybridized carbons (Fsp3) is 0.0556. The predicted octanol–water partition coefficient (Wildman–Crippen LogP) is 3.21. The van der Waals surface area contributed by atoms with Gasteiger partial charge in [-0.3, -0.25) is 4.79 Å². The molecule has 2 aromatic carbocycles. The lowest BCUT2D eigenvalue weighted by molar-refractivity contribution is 0.0951. The summed E-state index contributed by atoms with van der Waals surface area (Å²) in [4.78, 5) is 20.6. The van der Waals surface area contributed by atoms with Gasteiger partial charge in [0.15, 0.2) is 0 Å². The minimum atomic E-state index is -0.303. The third-order valence-electron chi connectivity index (χ3n) is 3.37. The molecule has 0 aliphatic rings. The largest absolute Gasteiger partial charge is 0.348 e. The molecule has 1 aromatic heterocycles. The summed E-state index contributed by atoms with van der Waals surface area (Å²) in [5, 5.41) is 2.80. The lowest BCUT2D eigenvalue weighted by Crippen LogP contribution is -2.24. The Balaban J connectivity index is 1.79. The maximum atomic E-state index is 12.9. The number of rotatable bonds is 4. The number of halogens is 1. The monoisotopic (exact) mass is 307 g/mol. The second-order valence-corrected chi connectivity index (χ2v) is 4.96. The van der Waals surface area contributed by atoms with Crippen molar-refractivity contribution < 1.29 is 9.18 Å². The van der Waals surface area contributed by atoms with Crippen molar-refractivity contribution in [1.29, 1.82) is 0 Å². The molecule has 0 saturated carbocycles. The quantitative estimate of drug-likeness (QED) is 0.805. The van der Waals surface area contributed by atoms with Crippen LogP contribution in [0.5, 0.6) is 0 Å². The van der Waals surface area contributed by atoms with Crippen LogP contribution in [0, 0.1) is 5.82 Å². The van der Waals surface area contributed by atoms with Gasteiger partial charge >= 0.3 is 0 Å². The highest BCUT2D eigenvalue weighted by Gasteiger charge is 2.14. The number of carbonyl (C=O) groups excluding carboxylic acids is 1. The molecule has 0 spiro atoms. The van der Waals surface area contributed by atoms with Gasteiger partial charge in [-0.05, 0) is 17.7 Å². The Morgan fingerprint density at radius 2 is 1.78 bits per heavy atom. The summed E-state index contributed by atoms with van der Waals surface area (Å²) in [6.45, 7) is 0.308. The maximum Gasteiger partial charge on any atom is 0.255 e.